The Morgan fingerprint density at radius 2 is 2.38 bits per heavy atom. The number of nitrogens with one attached hydrogen (secondary N) is 1. The van der Waals surface area contributed by atoms with Gasteiger partial charge in [0.1, 0.15) is 0 Å². The molecule has 1 atom stereocenters. The molecule has 1 saturated heterocycles. The summed E-state index contributed by atoms with van der Waals surface area (Å²) >= 11 is 5.79. The highest BCUT2D eigenvalue weighted by Crippen LogP contribution is 2.26. The lowest BCUT2D eigenvalue weighted by atomic mass is 10.1. The van der Waals surface area contributed by atoms with Crippen molar-refractivity contribution in [3.8, 4) is 0 Å². The van der Waals surface area contributed by atoms with Crippen molar-refractivity contribution < 1.29 is 4.42 Å². The van der Waals surface area contributed by atoms with Crippen LogP contribution in [0, 0.1) is 6.92 Å². The second-order valence-electron chi connectivity index (χ2n) is 3.41. The summed E-state index contributed by atoms with van der Waals surface area (Å²) in [6.45, 7) is 2.90. The standard InChI is InChI=1S/C9H13ClN2O/c1-6-8(10)13-9(12-6)7-4-2-3-5-11-7/h7,11H,2-5H2,1H3. The van der Waals surface area contributed by atoms with Crippen molar-refractivity contribution in [2.75, 3.05) is 6.54 Å². The van der Waals surface area contributed by atoms with E-state index in [1.165, 1.54) is 12.8 Å². The van der Waals surface area contributed by atoms with Gasteiger partial charge in [-0.2, -0.15) is 0 Å². The normalized spacial score (nSPS) is 23.4. The van der Waals surface area contributed by atoms with Crippen LogP contribution in [0.2, 0.25) is 5.22 Å². The molecule has 1 fully saturated rings. The number of oxazole rings is 1. The SMILES string of the molecule is Cc1nc(C2CCCCN2)oc1Cl. The van der Waals surface area contributed by atoms with E-state index in [1.54, 1.807) is 0 Å². The first-order chi connectivity index (χ1) is 6.27. The van der Waals surface area contributed by atoms with Gasteiger partial charge in [0.25, 0.3) is 0 Å². The van der Waals surface area contributed by atoms with Crippen LogP contribution in [0.5, 0.6) is 0 Å². The van der Waals surface area contributed by atoms with Crippen molar-refractivity contribution in [2.24, 2.45) is 0 Å². The monoisotopic (exact) mass is 200 g/mol. The number of hydrogen-bond acceptors (Lipinski definition) is 3. The molecule has 0 bridgehead atoms. The molecule has 1 aliphatic rings. The zero-order valence-electron chi connectivity index (χ0n) is 7.64. The van der Waals surface area contributed by atoms with E-state index in [9.17, 15) is 0 Å². The Morgan fingerprint density at radius 3 is 2.92 bits per heavy atom. The Balaban J connectivity index is 2.14. The van der Waals surface area contributed by atoms with Gasteiger partial charge < -0.3 is 9.73 Å². The molecule has 0 radical (unpaired) electrons. The Labute approximate surface area is 82.5 Å². The number of nitrogens with zero attached hydrogens (tertiary/aromatic N) is 1. The van der Waals surface area contributed by atoms with Gasteiger partial charge in [0.2, 0.25) is 11.1 Å². The van der Waals surface area contributed by atoms with E-state index in [-0.39, 0.29) is 6.04 Å². The summed E-state index contributed by atoms with van der Waals surface area (Å²) in [5.74, 6) is 0.738. The van der Waals surface area contributed by atoms with Gasteiger partial charge in [-0.05, 0) is 37.9 Å². The first kappa shape index (κ1) is 9.03. The van der Waals surface area contributed by atoms with Gasteiger partial charge in [-0.1, -0.05) is 6.42 Å². The molecule has 2 heterocycles. The highest BCUT2D eigenvalue weighted by atomic mass is 35.5. The molecule has 4 heteroatoms. The fraction of sp³-hybridized carbons (Fsp3) is 0.667. The predicted octanol–water partition coefficient (Wildman–Crippen LogP) is 2.45. The number of halogens is 1. The molecular formula is C9H13ClN2O. The van der Waals surface area contributed by atoms with Crippen molar-refractivity contribution in [3.63, 3.8) is 0 Å². The lowest BCUT2D eigenvalue weighted by Gasteiger charge is -2.19. The van der Waals surface area contributed by atoms with Crippen molar-refractivity contribution in [1.29, 1.82) is 0 Å². The minimum absolute atomic E-state index is 0.264. The summed E-state index contributed by atoms with van der Waals surface area (Å²) in [7, 11) is 0. The van der Waals surface area contributed by atoms with Gasteiger partial charge in [-0.25, -0.2) is 4.98 Å². The van der Waals surface area contributed by atoms with Crippen LogP contribution in [0.25, 0.3) is 0 Å². The zero-order valence-corrected chi connectivity index (χ0v) is 8.40. The van der Waals surface area contributed by atoms with E-state index in [1.807, 2.05) is 6.92 Å². The summed E-state index contributed by atoms with van der Waals surface area (Å²) in [5.41, 5.74) is 0.782. The zero-order chi connectivity index (χ0) is 9.26. The summed E-state index contributed by atoms with van der Waals surface area (Å²) in [6.07, 6.45) is 3.57. The molecule has 0 spiro atoms. The van der Waals surface area contributed by atoms with E-state index in [0.717, 1.165) is 24.6 Å². The third kappa shape index (κ3) is 1.86. The molecule has 13 heavy (non-hydrogen) atoms. The molecule has 72 valence electrons. The van der Waals surface area contributed by atoms with Crippen LogP contribution in [0.3, 0.4) is 0 Å². The van der Waals surface area contributed by atoms with Crippen molar-refractivity contribution in [1.82, 2.24) is 10.3 Å². The molecular weight excluding hydrogens is 188 g/mol. The van der Waals surface area contributed by atoms with Crippen LogP contribution in [0.4, 0.5) is 0 Å². The van der Waals surface area contributed by atoms with Gasteiger partial charge >= 0.3 is 0 Å². The Hall–Kier alpha value is -0.540. The van der Waals surface area contributed by atoms with Crippen molar-refractivity contribution in [3.05, 3.63) is 16.8 Å². The molecule has 3 nitrogen and oxygen atoms in total. The maximum Gasteiger partial charge on any atom is 0.216 e. The Kier molecular flexibility index (Phi) is 2.56. The average Bonchev–Trinajstić information content (AvgIpc) is 2.49. The molecule has 1 aromatic heterocycles. The Morgan fingerprint density at radius 1 is 1.54 bits per heavy atom. The van der Waals surface area contributed by atoms with E-state index in [4.69, 9.17) is 16.0 Å². The van der Waals surface area contributed by atoms with Crippen LogP contribution < -0.4 is 5.32 Å². The number of rotatable bonds is 1. The van der Waals surface area contributed by atoms with E-state index in [2.05, 4.69) is 10.3 Å². The highest BCUT2D eigenvalue weighted by molar-refractivity contribution is 6.29. The molecule has 2 rings (SSSR count). The molecule has 1 N–H and O–H groups in total. The maximum atomic E-state index is 5.79. The number of aryl methyl sites for hydroxylation is 1. The average molecular weight is 201 g/mol. The first-order valence-electron chi connectivity index (χ1n) is 4.63. The van der Waals surface area contributed by atoms with E-state index in [0.29, 0.717) is 5.22 Å². The third-order valence-corrected chi connectivity index (χ3v) is 2.72. The Bertz CT molecular complexity index is 272. The van der Waals surface area contributed by atoms with Crippen LogP contribution in [0.1, 0.15) is 36.9 Å². The second-order valence-corrected chi connectivity index (χ2v) is 3.76. The van der Waals surface area contributed by atoms with Crippen LogP contribution in [0.15, 0.2) is 4.42 Å². The third-order valence-electron chi connectivity index (χ3n) is 2.36. The summed E-state index contributed by atoms with van der Waals surface area (Å²) in [5, 5.41) is 3.78. The van der Waals surface area contributed by atoms with Gasteiger partial charge in [0.15, 0.2) is 0 Å². The largest absolute Gasteiger partial charge is 0.427 e. The fourth-order valence-electron chi connectivity index (χ4n) is 1.61. The quantitative estimate of drug-likeness (QED) is 0.757. The van der Waals surface area contributed by atoms with Crippen molar-refractivity contribution >= 4 is 11.6 Å². The number of hydrogen-bond donors (Lipinski definition) is 1. The maximum absolute atomic E-state index is 5.79. The molecule has 1 aliphatic heterocycles. The lowest BCUT2D eigenvalue weighted by molar-refractivity contribution is 0.339. The predicted molar refractivity (Wildman–Crippen MR) is 50.8 cm³/mol. The molecule has 1 aromatic rings. The van der Waals surface area contributed by atoms with Crippen LogP contribution in [-0.2, 0) is 0 Å². The second kappa shape index (κ2) is 3.68. The van der Waals surface area contributed by atoms with E-state index >= 15 is 0 Å². The number of aromatic nitrogens is 1. The summed E-state index contributed by atoms with van der Waals surface area (Å²) in [4.78, 5) is 4.27. The smallest absolute Gasteiger partial charge is 0.216 e. The van der Waals surface area contributed by atoms with Crippen LogP contribution in [-0.4, -0.2) is 11.5 Å². The minimum atomic E-state index is 0.264. The van der Waals surface area contributed by atoms with Gasteiger partial charge in [0, 0.05) is 0 Å². The number of piperidine rings is 1. The highest BCUT2D eigenvalue weighted by Gasteiger charge is 2.20. The topological polar surface area (TPSA) is 38.1 Å². The fourth-order valence-corrected chi connectivity index (χ4v) is 1.73. The molecule has 1 unspecified atom stereocenters. The van der Waals surface area contributed by atoms with Gasteiger partial charge in [-0.15, -0.1) is 0 Å². The molecule has 0 aromatic carbocycles. The lowest BCUT2D eigenvalue weighted by Crippen LogP contribution is -2.26. The minimum Gasteiger partial charge on any atom is -0.427 e. The first-order valence-corrected chi connectivity index (χ1v) is 5.01. The van der Waals surface area contributed by atoms with Crippen LogP contribution >= 0.6 is 11.6 Å². The van der Waals surface area contributed by atoms with Gasteiger partial charge in [-0.3, -0.25) is 0 Å². The molecule has 0 amide bonds. The summed E-state index contributed by atoms with van der Waals surface area (Å²) < 4.78 is 5.35. The summed E-state index contributed by atoms with van der Waals surface area (Å²) in [6, 6.07) is 0.264. The van der Waals surface area contributed by atoms with E-state index < -0.39 is 0 Å². The van der Waals surface area contributed by atoms with Crippen molar-refractivity contribution in [2.45, 2.75) is 32.2 Å². The molecule has 0 saturated carbocycles. The molecule has 0 aliphatic carbocycles. The van der Waals surface area contributed by atoms with Gasteiger partial charge in [0.05, 0.1) is 11.7 Å².